The van der Waals surface area contributed by atoms with Gasteiger partial charge in [-0.25, -0.2) is 0 Å². The summed E-state index contributed by atoms with van der Waals surface area (Å²) in [5.74, 6) is -0.116. The van der Waals surface area contributed by atoms with E-state index in [9.17, 15) is 15.0 Å². The van der Waals surface area contributed by atoms with Gasteiger partial charge in [0, 0.05) is 6.42 Å². The van der Waals surface area contributed by atoms with E-state index in [1.54, 1.807) is 6.08 Å². The first-order chi connectivity index (χ1) is 25.7. The number of allylic oxidation sites excluding steroid dienone is 11. The summed E-state index contributed by atoms with van der Waals surface area (Å²) >= 11 is 0. The molecule has 4 nitrogen and oxygen atoms in total. The zero-order chi connectivity index (χ0) is 37.8. The van der Waals surface area contributed by atoms with Crippen molar-refractivity contribution in [1.29, 1.82) is 0 Å². The molecular formula is C48H85NO3. The van der Waals surface area contributed by atoms with Crippen LogP contribution in [0.3, 0.4) is 0 Å². The first-order valence-electron chi connectivity index (χ1n) is 22.2. The van der Waals surface area contributed by atoms with Crippen LogP contribution in [0.1, 0.15) is 206 Å². The van der Waals surface area contributed by atoms with Crippen molar-refractivity contribution in [3.63, 3.8) is 0 Å². The zero-order valence-electron chi connectivity index (χ0n) is 34.3. The Morgan fingerprint density at radius 3 is 1.35 bits per heavy atom. The zero-order valence-corrected chi connectivity index (χ0v) is 34.3. The van der Waals surface area contributed by atoms with Gasteiger partial charge in [-0.2, -0.15) is 0 Å². The Balaban J connectivity index is 3.65. The third-order valence-corrected chi connectivity index (χ3v) is 9.67. The number of rotatable bonds is 39. The quantitative estimate of drug-likeness (QED) is 0.0437. The molecule has 0 bridgehead atoms. The Kier molecular flexibility index (Phi) is 41.4. The Morgan fingerprint density at radius 2 is 0.865 bits per heavy atom. The van der Waals surface area contributed by atoms with Crippen LogP contribution in [0.5, 0.6) is 0 Å². The lowest BCUT2D eigenvalue weighted by atomic mass is 10.0. The molecule has 0 aromatic carbocycles. The highest BCUT2D eigenvalue weighted by atomic mass is 16.3. The molecule has 0 heterocycles. The van der Waals surface area contributed by atoms with Crippen molar-refractivity contribution in [2.45, 2.75) is 219 Å². The first-order valence-corrected chi connectivity index (χ1v) is 22.2. The van der Waals surface area contributed by atoms with Gasteiger partial charge < -0.3 is 15.5 Å². The van der Waals surface area contributed by atoms with E-state index in [0.29, 0.717) is 6.42 Å². The maximum Gasteiger partial charge on any atom is 0.220 e. The number of amides is 1. The van der Waals surface area contributed by atoms with Crippen molar-refractivity contribution in [3.8, 4) is 0 Å². The van der Waals surface area contributed by atoms with Crippen molar-refractivity contribution in [3.05, 3.63) is 72.9 Å². The fourth-order valence-corrected chi connectivity index (χ4v) is 6.30. The molecule has 0 saturated heterocycles. The standard InChI is InChI=1S/C48H85NO3/c1-3-5-7-9-11-13-15-17-19-20-21-22-23-24-25-26-27-28-30-31-33-35-37-39-41-43-47(51)46(45-50)49-48(52)44-42-40-38-36-34-32-29-18-16-14-12-10-8-6-4-2/h6,8,12,14,18,29,33-36,41,43,46-47,50-51H,3-5,7,9-11,13,15-17,19-28,30-32,37-40,42,44-45H2,1-2H3,(H,49,52)/b8-6-,14-12-,29-18-,35-33+,36-34-,43-41+. The summed E-state index contributed by atoms with van der Waals surface area (Å²) in [4.78, 5) is 12.3. The van der Waals surface area contributed by atoms with Crippen LogP contribution in [-0.4, -0.2) is 34.9 Å². The average molecular weight is 724 g/mol. The van der Waals surface area contributed by atoms with Crippen LogP contribution in [0.15, 0.2) is 72.9 Å². The molecule has 0 saturated carbocycles. The van der Waals surface area contributed by atoms with Crippen molar-refractivity contribution in [1.82, 2.24) is 5.32 Å². The van der Waals surface area contributed by atoms with Crippen molar-refractivity contribution >= 4 is 5.91 Å². The van der Waals surface area contributed by atoms with Crippen molar-refractivity contribution in [2.24, 2.45) is 0 Å². The monoisotopic (exact) mass is 724 g/mol. The summed E-state index contributed by atoms with van der Waals surface area (Å²) < 4.78 is 0. The molecule has 2 unspecified atom stereocenters. The molecule has 0 aliphatic rings. The van der Waals surface area contributed by atoms with Gasteiger partial charge in [0.25, 0.3) is 0 Å². The predicted molar refractivity (Wildman–Crippen MR) is 230 cm³/mol. The second kappa shape index (κ2) is 43.2. The third kappa shape index (κ3) is 39.0. The van der Waals surface area contributed by atoms with Gasteiger partial charge in [-0.05, 0) is 70.6 Å². The highest BCUT2D eigenvalue weighted by Gasteiger charge is 2.17. The van der Waals surface area contributed by atoms with Gasteiger partial charge in [-0.3, -0.25) is 4.79 Å². The largest absolute Gasteiger partial charge is 0.394 e. The molecular weight excluding hydrogens is 639 g/mol. The molecule has 0 spiro atoms. The molecule has 3 N–H and O–H groups in total. The van der Waals surface area contributed by atoms with Crippen LogP contribution in [0, 0.1) is 0 Å². The second-order valence-electron chi connectivity index (χ2n) is 14.7. The van der Waals surface area contributed by atoms with E-state index in [-0.39, 0.29) is 12.5 Å². The lowest BCUT2D eigenvalue weighted by Gasteiger charge is -2.19. The maximum absolute atomic E-state index is 12.3. The van der Waals surface area contributed by atoms with Crippen LogP contribution < -0.4 is 5.32 Å². The Hall–Kier alpha value is -2.17. The number of nitrogens with one attached hydrogen (secondary N) is 1. The van der Waals surface area contributed by atoms with Gasteiger partial charge in [0.2, 0.25) is 5.91 Å². The molecule has 0 fully saturated rings. The van der Waals surface area contributed by atoms with Gasteiger partial charge in [-0.15, -0.1) is 0 Å². The lowest BCUT2D eigenvalue weighted by Crippen LogP contribution is -2.45. The SMILES string of the molecule is CC/C=C\C/C=C\C/C=C\C/C=C\CCCCC(=O)NC(CO)C(O)/C=C/CC/C=C/CCCCCCCCCCCCCCCCCCCCC. The van der Waals surface area contributed by atoms with E-state index >= 15 is 0 Å². The minimum Gasteiger partial charge on any atom is -0.394 e. The fraction of sp³-hybridized carbons (Fsp3) is 0.729. The Bertz CT molecular complexity index is 915. The summed E-state index contributed by atoms with van der Waals surface area (Å²) in [5.41, 5.74) is 0. The predicted octanol–water partition coefficient (Wildman–Crippen LogP) is 13.9. The van der Waals surface area contributed by atoms with Gasteiger partial charge in [0.15, 0.2) is 0 Å². The van der Waals surface area contributed by atoms with E-state index in [1.807, 2.05) is 6.08 Å². The number of aliphatic hydroxyl groups excluding tert-OH is 2. The number of hydrogen-bond acceptors (Lipinski definition) is 3. The third-order valence-electron chi connectivity index (χ3n) is 9.67. The van der Waals surface area contributed by atoms with Crippen molar-refractivity contribution < 1.29 is 15.0 Å². The van der Waals surface area contributed by atoms with Gasteiger partial charge in [0.1, 0.15) is 0 Å². The van der Waals surface area contributed by atoms with Gasteiger partial charge in [0.05, 0.1) is 18.8 Å². The van der Waals surface area contributed by atoms with Crippen LogP contribution in [0.2, 0.25) is 0 Å². The highest BCUT2D eigenvalue weighted by Crippen LogP contribution is 2.15. The van der Waals surface area contributed by atoms with E-state index < -0.39 is 12.1 Å². The average Bonchev–Trinajstić information content (AvgIpc) is 3.15. The number of carbonyl (C=O) groups is 1. The van der Waals surface area contributed by atoms with Crippen LogP contribution >= 0.6 is 0 Å². The van der Waals surface area contributed by atoms with Crippen LogP contribution in [-0.2, 0) is 4.79 Å². The minimum atomic E-state index is -0.883. The maximum atomic E-state index is 12.3. The number of hydrogen-bond donors (Lipinski definition) is 3. The van der Waals surface area contributed by atoms with Crippen LogP contribution in [0.25, 0.3) is 0 Å². The molecule has 0 aliphatic carbocycles. The molecule has 0 radical (unpaired) electrons. The van der Waals surface area contributed by atoms with Gasteiger partial charge in [-0.1, -0.05) is 202 Å². The summed E-state index contributed by atoms with van der Waals surface area (Å²) in [6, 6.07) is -0.664. The summed E-state index contributed by atoms with van der Waals surface area (Å²) in [5, 5.41) is 22.9. The first kappa shape index (κ1) is 49.8. The number of carbonyl (C=O) groups excluding carboxylic acids is 1. The molecule has 0 aliphatic heterocycles. The molecule has 0 aromatic rings. The smallest absolute Gasteiger partial charge is 0.220 e. The molecule has 0 aromatic heterocycles. The molecule has 52 heavy (non-hydrogen) atoms. The van der Waals surface area contributed by atoms with Gasteiger partial charge >= 0.3 is 0 Å². The molecule has 0 rings (SSSR count). The van der Waals surface area contributed by atoms with Crippen LogP contribution in [0.4, 0.5) is 0 Å². The Morgan fingerprint density at radius 1 is 0.481 bits per heavy atom. The van der Waals surface area contributed by atoms with E-state index in [0.717, 1.165) is 64.2 Å². The summed E-state index contributed by atoms with van der Waals surface area (Å²) in [7, 11) is 0. The topological polar surface area (TPSA) is 69.6 Å². The molecule has 300 valence electrons. The van der Waals surface area contributed by atoms with E-state index in [4.69, 9.17) is 0 Å². The van der Waals surface area contributed by atoms with Crippen molar-refractivity contribution in [2.75, 3.05) is 6.61 Å². The lowest BCUT2D eigenvalue weighted by molar-refractivity contribution is -0.123. The molecule has 2 atom stereocenters. The number of aliphatic hydroxyl groups is 2. The van der Waals surface area contributed by atoms with E-state index in [1.165, 1.54) is 122 Å². The second-order valence-corrected chi connectivity index (χ2v) is 14.7. The summed E-state index contributed by atoms with van der Waals surface area (Å²) in [6.45, 7) is 4.16. The Labute approximate surface area is 323 Å². The van der Waals surface area contributed by atoms with E-state index in [2.05, 4.69) is 79.9 Å². The minimum absolute atomic E-state index is 0.116. The molecule has 1 amide bonds. The number of unbranched alkanes of at least 4 members (excludes halogenated alkanes) is 22. The highest BCUT2D eigenvalue weighted by molar-refractivity contribution is 5.76. The normalized spacial score (nSPS) is 13.7. The molecule has 4 heteroatoms. The fourth-order valence-electron chi connectivity index (χ4n) is 6.30. The summed E-state index contributed by atoms with van der Waals surface area (Å²) in [6.07, 6.45) is 61.7.